The van der Waals surface area contributed by atoms with Crippen LogP contribution in [0.2, 0.25) is 0 Å². The van der Waals surface area contributed by atoms with Crippen LogP contribution in [0.1, 0.15) is 25.3 Å². The van der Waals surface area contributed by atoms with E-state index in [1.807, 2.05) is 24.1 Å². The van der Waals surface area contributed by atoms with E-state index < -0.39 is 4.92 Å². The Morgan fingerprint density at radius 3 is 3.00 bits per heavy atom. The topological polar surface area (TPSA) is 71.3 Å². The van der Waals surface area contributed by atoms with Crippen LogP contribution in [0.5, 0.6) is 0 Å². The van der Waals surface area contributed by atoms with Crippen LogP contribution in [-0.4, -0.2) is 28.4 Å². The molecule has 0 amide bonds. The van der Waals surface area contributed by atoms with Gasteiger partial charge in [0.25, 0.3) is 6.20 Å². The molecule has 1 aromatic rings. The molecule has 0 unspecified atom stereocenters. The molecule has 0 atom stereocenters. The molecule has 0 aliphatic carbocycles. The number of nitrogens with one attached hydrogen (secondary N) is 1. The summed E-state index contributed by atoms with van der Waals surface area (Å²) in [7, 11) is 1.82. The molecule has 0 fully saturated rings. The summed E-state index contributed by atoms with van der Waals surface area (Å²) in [5.74, 6) is 0.516. The lowest BCUT2D eigenvalue weighted by Crippen LogP contribution is -2.29. The van der Waals surface area contributed by atoms with Gasteiger partial charge in [-0.05, 0) is 18.1 Å². The fourth-order valence-corrected chi connectivity index (χ4v) is 1.62. The van der Waals surface area contributed by atoms with Crippen LogP contribution >= 0.6 is 0 Å². The number of rotatable bonds is 8. The molecule has 0 saturated heterocycles. The maximum Gasteiger partial charge on any atom is 0.274 e. The van der Waals surface area contributed by atoms with Gasteiger partial charge in [-0.15, -0.1) is 0 Å². The first-order valence-corrected chi connectivity index (χ1v) is 6.32. The van der Waals surface area contributed by atoms with Crippen molar-refractivity contribution >= 4 is 0 Å². The van der Waals surface area contributed by atoms with Gasteiger partial charge in [0.2, 0.25) is 0 Å². The average molecular weight is 264 g/mol. The van der Waals surface area contributed by atoms with Crippen molar-refractivity contribution in [3.05, 3.63) is 52.2 Å². The van der Waals surface area contributed by atoms with Crippen LogP contribution in [0.25, 0.3) is 0 Å². The Morgan fingerprint density at radius 1 is 1.63 bits per heavy atom. The van der Waals surface area contributed by atoms with Crippen molar-refractivity contribution in [1.29, 1.82) is 0 Å². The third-order valence-electron chi connectivity index (χ3n) is 2.62. The molecule has 0 aliphatic heterocycles. The minimum atomic E-state index is -0.436. The summed E-state index contributed by atoms with van der Waals surface area (Å²) >= 11 is 0. The van der Waals surface area contributed by atoms with Crippen molar-refractivity contribution in [3.63, 3.8) is 0 Å². The molecule has 1 aromatic heterocycles. The first-order chi connectivity index (χ1) is 9.13. The van der Waals surface area contributed by atoms with Crippen molar-refractivity contribution in [2.75, 3.05) is 13.6 Å². The molecule has 0 radical (unpaired) electrons. The van der Waals surface area contributed by atoms with Gasteiger partial charge in [-0.3, -0.25) is 15.1 Å². The number of nitro groups is 1. The summed E-state index contributed by atoms with van der Waals surface area (Å²) in [4.78, 5) is 16.1. The van der Waals surface area contributed by atoms with Gasteiger partial charge in [0, 0.05) is 32.5 Å². The predicted molar refractivity (Wildman–Crippen MR) is 73.7 cm³/mol. The van der Waals surface area contributed by atoms with Crippen LogP contribution in [0.3, 0.4) is 0 Å². The smallest absolute Gasteiger partial charge is 0.274 e. The number of aromatic nitrogens is 1. The molecule has 0 bridgehead atoms. The Hall–Kier alpha value is -2.11. The van der Waals surface area contributed by atoms with E-state index in [2.05, 4.69) is 17.2 Å². The number of hydrogen-bond donors (Lipinski definition) is 1. The van der Waals surface area contributed by atoms with Crippen LogP contribution in [-0.2, 0) is 6.54 Å². The monoisotopic (exact) mass is 264 g/mol. The largest absolute Gasteiger partial charge is 0.367 e. The minimum absolute atomic E-state index is 0.436. The lowest BCUT2D eigenvalue weighted by atomic mass is 10.3. The molecular weight excluding hydrogens is 244 g/mol. The van der Waals surface area contributed by atoms with Gasteiger partial charge < -0.3 is 10.2 Å². The number of unbranched alkanes of at least 4 members (excludes halogenated alkanes) is 1. The van der Waals surface area contributed by atoms with Crippen LogP contribution in [0.15, 0.2) is 36.5 Å². The van der Waals surface area contributed by atoms with E-state index in [0.29, 0.717) is 12.4 Å². The molecule has 0 spiro atoms. The summed E-state index contributed by atoms with van der Waals surface area (Å²) < 4.78 is 0. The summed E-state index contributed by atoms with van der Waals surface area (Å²) in [6, 6.07) is 3.80. The van der Waals surface area contributed by atoms with Gasteiger partial charge in [-0.2, -0.15) is 0 Å². The van der Waals surface area contributed by atoms with Crippen LogP contribution < -0.4 is 5.32 Å². The van der Waals surface area contributed by atoms with Gasteiger partial charge in [0.1, 0.15) is 0 Å². The van der Waals surface area contributed by atoms with E-state index in [0.717, 1.165) is 31.1 Å². The van der Waals surface area contributed by atoms with Gasteiger partial charge >= 0.3 is 0 Å². The van der Waals surface area contributed by atoms with Gasteiger partial charge in [-0.25, -0.2) is 0 Å². The first kappa shape index (κ1) is 14.9. The van der Waals surface area contributed by atoms with Gasteiger partial charge in [0.05, 0.1) is 4.92 Å². The summed E-state index contributed by atoms with van der Waals surface area (Å²) in [5, 5.41) is 13.7. The zero-order valence-corrected chi connectivity index (χ0v) is 11.4. The highest BCUT2D eigenvalue weighted by molar-refractivity contribution is 5.09. The quantitative estimate of drug-likeness (QED) is 0.441. The zero-order valence-electron chi connectivity index (χ0n) is 11.4. The molecule has 1 rings (SSSR count). The zero-order chi connectivity index (χ0) is 14.1. The highest BCUT2D eigenvalue weighted by atomic mass is 16.6. The first-order valence-electron chi connectivity index (χ1n) is 6.32. The van der Waals surface area contributed by atoms with Crippen molar-refractivity contribution in [1.82, 2.24) is 15.2 Å². The van der Waals surface area contributed by atoms with E-state index in [9.17, 15) is 10.1 Å². The molecular formula is C13H20N4O2. The summed E-state index contributed by atoms with van der Waals surface area (Å²) in [6.45, 7) is 3.39. The van der Waals surface area contributed by atoms with Crippen molar-refractivity contribution in [2.24, 2.45) is 0 Å². The Labute approximate surface area is 113 Å². The maximum absolute atomic E-state index is 10.6. The van der Waals surface area contributed by atoms with E-state index in [1.165, 1.54) is 0 Å². The lowest BCUT2D eigenvalue weighted by Gasteiger charge is -2.21. The minimum Gasteiger partial charge on any atom is -0.367 e. The second-order valence-corrected chi connectivity index (χ2v) is 4.30. The van der Waals surface area contributed by atoms with Crippen molar-refractivity contribution < 1.29 is 4.92 Å². The van der Waals surface area contributed by atoms with Gasteiger partial charge in [-0.1, -0.05) is 19.4 Å². The Balaban J connectivity index is 2.66. The van der Waals surface area contributed by atoms with Crippen LogP contribution in [0.4, 0.5) is 0 Å². The maximum atomic E-state index is 10.6. The van der Waals surface area contributed by atoms with E-state index in [4.69, 9.17) is 0 Å². The molecule has 1 N–H and O–H groups in total. The molecule has 104 valence electrons. The number of hydrogen-bond acceptors (Lipinski definition) is 5. The normalized spacial score (nSPS) is 11.2. The third kappa shape index (κ3) is 5.85. The molecule has 6 nitrogen and oxygen atoms in total. The molecule has 6 heteroatoms. The molecule has 1 heterocycles. The second kappa shape index (κ2) is 8.07. The Kier molecular flexibility index (Phi) is 6.35. The number of pyridine rings is 1. The Morgan fingerprint density at radius 2 is 2.42 bits per heavy atom. The van der Waals surface area contributed by atoms with E-state index >= 15 is 0 Å². The lowest BCUT2D eigenvalue weighted by molar-refractivity contribution is -0.404. The summed E-state index contributed by atoms with van der Waals surface area (Å²) in [5.41, 5.74) is 1.01. The molecule has 0 aliphatic rings. The molecule has 0 aromatic carbocycles. The third-order valence-corrected chi connectivity index (χ3v) is 2.62. The highest BCUT2D eigenvalue weighted by Crippen LogP contribution is 2.06. The summed E-state index contributed by atoms with van der Waals surface area (Å²) in [6.07, 6.45) is 6.50. The molecule has 19 heavy (non-hydrogen) atoms. The molecule has 0 saturated carbocycles. The second-order valence-electron chi connectivity index (χ2n) is 4.30. The highest BCUT2D eigenvalue weighted by Gasteiger charge is 2.09. The predicted octanol–water partition coefficient (Wildman–Crippen LogP) is 1.98. The van der Waals surface area contributed by atoms with Crippen LogP contribution in [0, 0.1) is 10.1 Å². The SMILES string of the molecule is CCCCN/C(=C\[N+](=O)[O-])N(C)Cc1cccnc1. The van der Waals surface area contributed by atoms with Gasteiger partial charge in [0.15, 0.2) is 5.82 Å². The fraction of sp³-hybridized carbons (Fsp3) is 0.462. The number of nitrogens with zero attached hydrogens (tertiary/aromatic N) is 3. The van der Waals surface area contributed by atoms with Crippen molar-refractivity contribution in [3.8, 4) is 0 Å². The van der Waals surface area contributed by atoms with Crippen molar-refractivity contribution in [2.45, 2.75) is 26.3 Å². The van der Waals surface area contributed by atoms with E-state index in [-0.39, 0.29) is 0 Å². The standard InChI is InChI=1S/C13H20N4O2/c1-3-4-8-15-13(11-17(18)19)16(2)10-12-6-5-7-14-9-12/h5-7,9,11,15H,3-4,8,10H2,1-2H3/b13-11+. The average Bonchev–Trinajstić information content (AvgIpc) is 2.38. The Bertz CT molecular complexity index is 420. The van der Waals surface area contributed by atoms with E-state index in [1.54, 1.807) is 12.4 Å². The fourth-order valence-electron chi connectivity index (χ4n) is 1.62.